The predicted molar refractivity (Wildman–Crippen MR) is 106 cm³/mol. The van der Waals surface area contributed by atoms with Gasteiger partial charge in [0.2, 0.25) is 5.91 Å². The molecule has 0 fully saturated rings. The van der Waals surface area contributed by atoms with E-state index in [0.29, 0.717) is 5.56 Å². The fraction of sp³-hybridized carbons (Fsp3) is 0.455. The number of aromatic hydroxyl groups is 2. The van der Waals surface area contributed by atoms with Crippen LogP contribution in [0.15, 0.2) is 36.4 Å². The van der Waals surface area contributed by atoms with E-state index in [1.54, 1.807) is 0 Å². The van der Waals surface area contributed by atoms with Crippen LogP contribution in [-0.2, 0) is 9.59 Å². The lowest BCUT2D eigenvalue weighted by Gasteiger charge is -2.39. The number of hydrogen-bond donors (Lipinski definition) is 3. The Hall–Kier alpha value is -2.56. The van der Waals surface area contributed by atoms with E-state index < -0.39 is 0 Å². The smallest absolute Gasteiger partial charge is 0.244 e. The van der Waals surface area contributed by atoms with Gasteiger partial charge in [-0.05, 0) is 42.9 Å². The van der Waals surface area contributed by atoms with Crippen molar-refractivity contribution in [2.45, 2.75) is 46.6 Å². The van der Waals surface area contributed by atoms with Gasteiger partial charge in [0.15, 0.2) is 0 Å². The fourth-order valence-corrected chi connectivity index (χ4v) is 3.87. The fourth-order valence-electron chi connectivity index (χ4n) is 3.87. The molecule has 146 valence electrons. The average Bonchev–Trinajstić information content (AvgIpc) is 2.52. The second-order valence-electron chi connectivity index (χ2n) is 8.11. The first-order chi connectivity index (χ1) is 12.6. The Kier molecular flexibility index (Phi) is 6.47. The molecule has 1 aromatic rings. The van der Waals surface area contributed by atoms with Crippen LogP contribution < -0.4 is 5.32 Å². The normalized spacial score (nSPS) is 22.5. The maximum absolute atomic E-state index is 12.8. The molecule has 0 heterocycles. The molecule has 0 aromatic heterocycles. The molecule has 0 saturated carbocycles. The summed E-state index contributed by atoms with van der Waals surface area (Å²) < 4.78 is 0. The van der Waals surface area contributed by atoms with Crippen molar-refractivity contribution in [2.24, 2.45) is 17.3 Å². The van der Waals surface area contributed by atoms with Gasteiger partial charge >= 0.3 is 0 Å². The van der Waals surface area contributed by atoms with E-state index in [4.69, 9.17) is 0 Å². The lowest BCUT2D eigenvalue weighted by molar-refractivity contribution is -0.128. The minimum Gasteiger partial charge on any atom is -0.508 e. The maximum Gasteiger partial charge on any atom is 0.244 e. The number of allylic oxidation sites excluding steroid dienone is 2. The van der Waals surface area contributed by atoms with Gasteiger partial charge in [0.1, 0.15) is 17.3 Å². The predicted octanol–water partition coefficient (Wildman–Crippen LogP) is 3.81. The molecular weight excluding hydrogens is 342 g/mol. The molecular formula is C22H29NO4. The second-order valence-corrected chi connectivity index (χ2v) is 8.11. The Morgan fingerprint density at radius 2 is 2.04 bits per heavy atom. The van der Waals surface area contributed by atoms with E-state index in [1.807, 2.05) is 6.92 Å². The number of ketones is 1. The maximum atomic E-state index is 12.8. The lowest BCUT2D eigenvalue weighted by atomic mass is 9.65. The summed E-state index contributed by atoms with van der Waals surface area (Å²) in [5.74, 6) is -0.170. The summed E-state index contributed by atoms with van der Waals surface area (Å²) in [6.07, 6.45) is 8.19. The van der Waals surface area contributed by atoms with Crippen molar-refractivity contribution in [3.63, 3.8) is 0 Å². The number of carbonyl (C=O) groups is 2. The van der Waals surface area contributed by atoms with Crippen LogP contribution in [0.25, 0.3) is 6.08 Å². The Bertz CT molecular complexity index is 764. The number of nitrogens with one attached hydrogen (secondary N) is 1. The van der Waals surface area contributed by atoms with E-state index >= 15 is 0 Å². The number of benzene rings is 1. The van der Waals surface area contributed by atoms with E-state index in [9.17, 15) is 19.8 Å². The minimum absolute atomic E-state index is 0.0454. The number of carbonyl (C=O) groups excluding carboxylic acids is 2. The van der Waals surface area contributed by atoms with Gasteiger partial charge in [0, 0.05) is 36.1 Å². The van der Waals surface area contributed by atoms with Crippen molar-refractivity contribution in [1.82, 2.24) is 5.32 Å². The molecule has 0 spiro atoms. The number of phenols is 2. The molecule has 1 amide bonds. The topological polar surface area (TPSA) is 86.6 Å². The van der Waals surface area contributed by atoms with Crippen LogP contribution in [0.1, 0.15) is 46.1 Å². The van der Waals surface area contributed by atoms with Crippen molar-refractivity contribution in [1.29, 1.82) is 0 Å². The van der Waals surface area contributed by atoms with E-state index in [1.165, 1.54) is 30.4 Å². The molecule has 1 aromatic carbocycles. The van der Waals surface area contributed by atoms with E-state index in [-0.39, 0.29) is 52.9 Å². The van der Waals surface area contributed by atoms with E-state index in [2.05, 4.69) is 38.2 Å². The zero-order valence-corrected chi connectivity index (χ0v) is 16.4. The number of phenolic OH excluding ortho intramolecular Hbond substituents is 2. The SMILES string of the molecule is CC(CC(=O)C1C(C)C=CCC1(C)C)NC(=O)/C=C/c1ccc(O)cc1O. The monoisotopic (exact) mass is 371 g/mol. The van der Waals surface area contributed by atoms with Crippen molar-refractivity contribution < 1.29 is 19.8 Å². The molecule has 2 rings (SSSR count). The van der Waals surface area contributed by atoms with Crippen LogP contribution in [0.5, 0.6) is 11.5 Å². The standard InChI is InChI=1S/C22H29NO4/c1-14-6-5-11-22(3,4)21(14)19(26)12-15(2)23-20(27)10-8-16-7-9-17(24)13-18(16)25/h5-10,13-15,21,24-25H,11-12H2,1-4H3,(H,23,27)/b10-8+. The van der Waals surface area contributed by atoms with Crippen LogP contribution in [0.2, 0.25) is 0 Å². The molecule has 5 heteroatoms. The molecule has 0 bridgehead atoms. The molecule has 3 unspecified atom stereocenters. The van der Waals surface area contributed by atoms with Crippen molar-refractivity contribution in [2.75, 3.05) is 0 Å². The van der Waals surface area contributed by atoms with Crippen LogP contribution in [-0.4, -0.2) is 27.9 Å². The Morgan fingerprint density at radius 3 is 2.67 bits per heavy atom. The lowest BCUT2D eigenvalue weighted by Crippen LogP contribution is -2.41. The van der Waals surface area contributed by atoms with E-state index in [0.717, 1.165) is 6.42 Å². The molecule has 3 atom stereocenters. The zero-order chi connectivity index (χ0) is 20.2. The quantitative estimate of drug-likeness (QED) is 0.524. The van der Waals surface area contributed by atoms with Gasteiger partial charge in [-0.2, -0.15) is 0 Å². The van der Waals surface area contributed by atoms with Gasteiger partial charge in [0.25, 0.3) is 0 Å². The van der Waals surface area contributed by atoms with Gasteiger partial charge in [-0.15, -0.1) is 0 Å². The van der Waals surface area contributed by atoms with Gasteiger partial charge in [-0.25, -0.2) is 0 Å². The third kappa shape index (κ3) is 5.46. The largest absolute Gasteiger partial charge is 0.508 e. The van der Waals surface area contributed by atoms with Crippen LogP contribution >= 0.6 is 0 Å². The first-order valence-electron chi connectivity index (χ1n) is 9.30. The minimum atomic E-state index is -0.335. The van der Waals surface area contributed by atoms with Gasteiger partial charge in [-0.1, -0.05) is 32.9 Å². The van der Waals surface area contributed by atoms with Crippen molar-refractivity contribution in [3.8, 4) is 11.5 Å². The summed E-state index contributed by atoms with van der Waals surface area (Å²) in [6.45, 7) is 8.12. The summed E-state index contributed by atoms with van der Waals surface area (Å²) in [4.78, 5) is 24.9. The summed E-state index contributed by atoms with van der Waals surface area (Å²) in [5, 5.41) is 21.8. The summed E-state index contributed by atoms with van der Waals surface area (Å²) in [6, 6.07) is 3.87. The molecule has 1 aliphatic rings. The Labute approximate surface area is 160 Å². The number of rotatable bonds is 6. The summed E-state index contributed by atoms with van der Waals surface area (Å²) in [5.41, 5.74) is 0.349. The highest BCUT2D eigenvalue weighted by Crippen LogP contribution is 2.41. The molecule has 3 N–H and O–H groups in total. The molecule has 27 heavy (non-hydrogen) atoms. The molecule has 0 aliphatic heterocycles. The number of hydrogen-bond acceptors (Lipinski definition) is 4. The van der Waals surface area contributed by atoms with Gasteiger partial charge in [0.05, 0.1) is 0 Å². The third-order valence-corrected chi connectivity index (χ3v) is 5.12. The second kappa shape index (κ2) is 8.42. The highest BCUT2D eigenvalue weighted by molar-refractivity contribution is 5.93. The number of amides is 1. The average molecular weight is 371 g/mol. The van der Waals surface area contributed by atoms with Crippen LogP contribution in [0.3, 0.4) is 0 Å². The van der Waals surface area contributed by atoms with Gasteiger partial charge in [-0.3, -0.25) is 9.59 Å². The Morgan fingerprint density at radius 1 is 1.33 bits per heavy atom. The van der Waals surface area contributed by atoms with Crippen molar-refractivity contribution >= 4 is 17.8 Å². The molecule has 5 nitrogen and oxygen atoms in total. The highest BCUT2D eigenvalue weighted by Gasteiger charge is 2.39. The first kappa shape index (κ1) is 20.7. The molecule has 1 aliphatic carbocycles. The van der Waals surface area contributed by atoms with Crippen LogP contribution in [0.4, 0.5) is 0 Å². The van der Waals surface area contributed by atoms with Gasteiger partial charge < -0.3 is 15.5 Å². The number of Topliss-reactive ketones (excluding diaryl/α,β-unsaturated/α-hetero) is 1. The van der Waals surface area contributed by atoms with Crippen molar-refractivity contribution in [3.05, 3.63) is 42.0 Å². The Balaban J connectivity index is 1.93. The molecule has 0 saturated heterocycles. The summed E-state index contributed by atoms with van der Waals surface area (Å²) >= 11 is 0. The zero-order valence-electron chi connectivity index (χ0n) is 16.4. The molecule has 0 radical (unpaired) electrons. The van der Waals surface area contributed by atoms with Crippen LogP contribution in [0, 0.1) is 17.3 Å². The third-order valence-electron chi connectivity index (χ3n) is 5.12. The summed E-state index contributed by atoms with van der Waals surface area (Å²) in [7, 11) is 0. The first-order valence-corrected chi connectivity index (χ1v) is 9.30. The highest BCUT2D eigenvalue weighted by atomic mass is 16.3.